The second-order valence-electron chi connectivity index (χ2n) is 8.54. The zero-order valence-electron chi connectivity index (χ0n) is 21.1. The van der Waals surface area contributed by atoms with Crippen molar-refractivity contribution in [1.82, 2.24) is 19.4 Å². The summed E-state index contributed by atoms with van der Waals surface area (Å²) in [5.41, 5.74) is 2.05. The normalized spacial score (nSPS) is 11.3. The number of fused-ring (bicyclic) bond motifs is 1. The van der Waals surface area contributed by atoms with E-state index in [0.717, 1.165) is 17.7 Å². The molecule has 3 aromatic heterocycles. The van der Waals surface area contributed by atoms with Crippen molar-refractivity contribution in [2.45, 2.75) is 19.7 Å². The molecular formula is C28H23F3N6O3. The molecule has 0 atom stereocenters. The summed E-state index contributed by atoms with van der Waals surface area (Å²) in [4.78, 5) is 25.7. The maximum absolute atomic E-state index is 13.2. The Morgan fingerprint density at radius 1 is 1.00 bits per heavy atom. The quantitative estimate of drug-likeness (QED) is 0.232. The lowest BCUT2D eigenvalue weighted by atomic mass is 10.1. The monoisotopic (exact) mass is 548 g/mol. The molecule has 2 aromatic carbocycles. The van der Waals surface area contributed by atoms with Crippen LogP contribution in [0.2, 0.25) is 0 Å². The van der Waals surface area contributed by atoms with Gasteiger partial charge in [0.05, 0.1) is 23.6 Å². The number of rotatable bonds is 8. The first-order chi connectivity index (χ1) is 19.3. The van der Waals surface area contributed by atoms with E-state index >= 15 is 0 Å². The lowest BCUT2D eigenvalue weighted by Crippen LogP contribution is -2.20. The van der Waals surface area contributed by atoms with Crippen LogP contribution in [0.5, 0.6) is 11.6 Å². The first-order valence-corrected chi connectivity index (χ1v) is 12.2. The van der Waals surface area contributed by atoms with Gasteiger partial charge in [0.2, 0.25) is 5.65 Å². The van der Waals surface area contributed by atoms with Crippen LogP contribution in [0.3, 0.4) is 0 Å². The molecule has 0 spiro atoms. The minimum Gasteiger partial charge on any atom is -0.492 e. The molecule has 12 heteroatoms. The largest absolute Gasteiger partial charge is 0.492 e. The van der Waals surface area contributed by atoms with Crippen LogP contribution in [0.25, 0.3) is 16.9 Å². The average molecular weight is 549 g/mol. The van der Waals surface area contributed by atoms with Crippen molar-refractivity contribution in [2.75, 3.05) is 17.2 Å². The first kappa shape index (κ1) is 26.5. The molecule has 0 radical (unpaired) electrons. The molecule has 9 nitrogen and oxygen atoms in total. The molecule has 5 rings (SSSR count). The van der Waals surface area contributed by atoms with Crippen LogP contribution in [0.4, 0.5) is 29.3 Å². The Kier molecular flexibility index (Phi) is 7.49. The molecule has 204 valence electrons. The molecule has 2 amide bonds. The number of imidazole rings is 1. The number of carbonyl (C=O) groups excluding carboxylic acids is 1. The third kappa shape index (κ3) is 6.12. The molecule has 0 aliphatic rings. The summed E-state index contributed by atoms with van der Waals surface area (Å²) in [6, 6.07) is 12.7. The lowest BCUT2D eigenvalue weighted by molar-refractivity contribution is -0.137. The molecule has 0 aliphatic heterocycles. The lowest BCUT2D eigenvalue weighted by Gasteiger charge is -2.15. The number of ether oxygens (including phenoxy) is 2. The van der Waals surface area contributed by atoms with Gasteiger partial charge in [-0.25, -0.2) is 14.8 Å². The van der Waals surface area contributed by atoms with E-state index < -0.39 is 17.8 Å². The Balaban J connectivity index is 1.36. The van der Waals surface area contributed by atoms with E-state index in [4.69, 9.17) is 9.47 Å². The number of benzene rings is 2. The standard InChI is InChI=1S/C28H23F3N6O3/c1-2-39-24-7-6-20(28(29,30)31)15-22(24)36-27(38)34-21-5-3-4-19(14-21)23-16-37-13-12-33-25(37)26(35-23)40-17-18-8-10-32-11-9-18/h3-16H,2,17H2,1H3,(H2,34,36,38). The van der Waals surface area contributed by atoms with Gasteiger partial charge in [0.1, 0.15) is 12.4 Å². The molecule has 0 aliphatic carbocycles. The van der Waals surface area contributed by atoms with E-state index in [1.54, 1.807) is 66.6 Å². The average Bonchev–Trinajstić information content (AvgIpc) is 3.42. The number of alkyl halides is 3. The highest BCUT2D eigenvalue weighted by Gasteiger charge is 2.31. The van der Waals surface area contributed by atoms with Gasteiger partial charge in [0.15, 0.2) is 0 Å². The van der Waals surface area contributed by atoms with E-state index in [1.165, 1.54) is 6.07 Å². The molecule has 3 heterocycles. The van der Waals surface area contributed by atoms with Gasteiger partial charge in [0.25, 0.3) is 5.88 Å². The van der Waals surface area contributed by atoms with Crippen molar-refractivity contribution in [2.24, 2.45) is 0 Å². The van der Waals surface area contributed by atoms with Crippen LogP contribution in [-0.4, -0.2) is 32.0 Å². The van der Waals surface area contributed by atoms with Crippen molar-refractivity contribution in [1.29, 1.82) is 0 Å². The minimum absolute atomic E-state index is 0.103. The highest BCUT2D eigenvalue weighted by molar-refractivity contribution is 6.01. The number of carbonyl (C=O) groups is 1. The summed E-state index contributed by atoms with van der Waals surface area (Å²) in [5.74, 6) is 0.444. The molecule has 40 heavy (non-hydrogen) atoms. The van der Waals surface area contributed by atoms with Crippen LogP contribution in [-0.2, 0) is 12.8 Å². The predicted octanol–water partition coefficient (Wildman–Crippen LogP) is 6.43. The van der Waals surface area contributed by atoms with Crippen LogP contribution in [0, 0.1) is 0 Å². The van der Waals surface area contributed by atoms with E-state index in [9.17, 15) is 18.0 Å². The summed E-state index contributed by atoms with van der Waals surface area (Å²) < 4.78 is 52.8. The second-order valence-corrected chi connectivity index (χ2v) is 8.54. The second kappa shape index (κ2) is 11.3. The predicted molar refractivity (Wildman–Crippen MR) is 142 cm³/mol. The fourth-order valence-electron chi connectivity index (χ4n) is 3.90. The highest BCUT2D eigenvalue weighted by Crippen LogP contribution is 2.35. The molecule has 0 saturated heterocycles. The molecule has 0 fully saturated rings. The summed E-state index contributed by atoms with van der Waals surface area (Å²) in [6.07, 6.45) is 3.95. The summed E-state index contributed by atoms with van der Waals surface area (Å²) in [5, 5.41) is 5.10. The number of halogens is 3. The molecule has 0 saturated carbocycles. The molecular weight excluding hydrogens is 525 g/mol. The Morgan fingerprint density at radius 2 is 1.82 bits per heavy atom. The fourth-order valence-corrected chi connectivity index (χ4v) is 3.90. The van der Waals surface area contributed by atoms with Gasteiger partial charge in [-0.3, -0.25) is 4.98 Å². The smallest absolute Gasteiger partial charge is 0.416 e. The molecule has 5 aromatic rings. The van der Waals surface area contributed by atoms with E-state index in [0.29, 0.717) is 28.5 Å². The van der Waals surface area contributed by atoms with E-state index in [2.05, 4.69) is 25.6 Å². The Labute approximate surface area is 226 Å². The zero-order valence-corrected chi connectivity index (χ0v) is 21.1. The number of pyridine rings is 1. The number of urea groups is 1. The zero-order chi connectivity index (χ0) is 28.1. The Morgan fingerprint density at radius 3 is 2.60 bits per heavy atom. The van der Waals surface area contributed by atoms with Gasteiger partial charge < -0.3 is 24.5 Å². The van der Waals surface area contributed by atoms with Crippen molar-refractivity contribution in [3.05, 3.63) is 96.7 Å². The first-order valence-electron chi connectivity index (χ1n) is 12.2. The third-order valence-corrected chi connectivity index (χ3v) is 5.74. The van der Waals surface area contributed by atoms with Gasteiger partial charge in [-0.2, -0.15) is 13.2 Å². The Bertz CT molecular complexity index is 1640. The van der Waals surface area contributed by atoms with Crippen LogP contribution in [0.15, 0.2) is 85.6 Å². The number of nitrogens with zero attached hydrogens (tertiary/aromatic N) is 4. The summed E-state index contributed by atoms with van der Waals surface area (Å²) >= 11 is 0. The maximum atomic E-state index is 13.2. The number of hydrogen-bond donors (Lipinski definition) is 2. The number of anilines is 2. The summed E-state index contributed by atoms with van der Waals surface area (Å²) in [7, 11) is 0. The van der Waals surface area contributed by atoms with Crippen molar-refractivity contribution in [3.8, 4) is 22.9 Å². The van der Waals surface area contributed by atoms with Gasteiger partial charge in [-0.15, -0.1) is 0 Å². The number of hydrogen-bond acceptors (Lipinski definition) is 6. The van der Waals surface area contributed by atoms with E-state index in [-0.39, 0.29) is 24.7 Å². The molecule has 2 N–H and O–H groups in total. The number of nitrogens with one attached hydrogen (secondary N) is 2. The van der Waals surface area contributed by atoms with Crippen molar-refractivity contribution < 1.29 is 27.4 Å². The van der Waals surface area contributed by atoms with Gasteiger partial charge in [-0.05, 0) is 55.0 Å². The van der Waals surface area contributed by atoms with Crippen LogP contribution in [0.1, 0.15) is 18.1 Å². The van der Waals surface area contributed by atoms with E-state index in [1.807, 2.05) is 12.1 Å². The Hall–Kier alpha value is -5.13. The van der Waals surface area contributed by atoms with Crippen LogP contribution >= 0.6 is 0 Å². The van der Waals surface area contributed by atoms with Gasteiger partial charge in [0, 0.05) is 42.2 Å². The SMILES string of the molecule is CCOc1ccc(C(F)(F)F)cc1NC(=O)Nc1cccc(-c2cn3ccnc3c(OCc3ccncc3)n2)c1. The third-order valence-electron chi connectivity index (χ3n) is 5.74. The molecule has 0 unspecified atom stereocenters. The maximum Gasteiger partial charge on any atom is 0.416 e. The van der Waals surface area contributed by atoms with Crippen LogP contribution < -0.4 is 20.1 Å². The van der Waals surface area contributed by atoms with Crippen molar-refractivity contribution in [3.63, 3.8) is 0 Å². The molecule has 0 bridgehead atoms. The van der Waals surface area contributed by atoms with Crippen molar-refractivity contribution >= 4 is 23.1 Å². The fraction of sp³-hybridized carbons (Fsp3) is 0.143. The number of aromatic nitrogens is 4. The van der Waals surface area contributed by atoms with Gasteiger partial charge >= 0.3 is 12.2 Å². The highest BCUT2D eigenvalue weighted by atomic mass is 19.4. The number of amides is 2. The summed E-state index contributed by atoms with van der Waals surface area (Å²) in [6.45, 7) is 2.17. The minimum atomic E-state index is -4.57. The topological polar surface area (TPSA) is 103 Å². The van der Waals surface area contributed by atoms with Gasteiger partial charge in [-0.1, -0.05) is 12.1 Å².